The maximum Gasteiger partial charge on any atom is 0.216 e. The number of carbonyl (C=O) groups excluding carboxylic acids is 1. The minimum atomic E-state index is -0.214. The van der Waals surface area contributed by atoms with E-state index in [1.165, 1.54) is 18.7 Å². The van der Waals surface area contributed by atoms with E-state index in [-0.39, 0.29) is 5.78 Å². The molecule has 3 rings (SSSR count). The molecule has 7 heteroatoms. The van der Waals surface area contributed by atoms with Crippen LogP contribution in [0.2, 0.25) is 10.0 Å². The van der Waals surface area contributed by atoms with Crippen LogP contribution in [-0.2, 0) is 6.54 Å². The average Bonchev–Trinajstić information content (AvgIpc) is 2.99. The number of hydrogen-bond donors (Lipinski definition) is 0. The van der Waals surface area contributed by atoms with Crippen LogP contribution in [0.5, 0.6) is 0 Å². The molecule has 0 saturated heterocycles. The molecule has 2 aromatic heterocycles. The lowest BCUT2D eigenvalue weighted by molar-refractivity contribution is 0.103. The van der Waals surface area contributed by atoms with Gasteiger partial charge in [0.2, 0.25) is 5.78 Å². The first kappa shape index (κ1) is 14.7. The molecule has 0 unspecified atom stereocenters. The molecule has 110 valence electrons. The Morgan fingerprint density at radius 2 is 1.86 bits per heavy atom. The molecule has 3 aromatic rings. The maximum atomic E-state index is 12.2. The molecule has 5 nitrogen and oxygen atoms in total. The number of nitrogens with zero attached hydrogens (tertiary/aromatic N) is 4. The van der Waals surface area contributed by atoms with E-state index in [2.05, 4.69) is 15.1 Å². The quantitative estimate of drug-likeness (QED) is 0.688. The molecular formula is C15H10Cl2N4O. The summed E-state index contributed by atoms with van der Waals surface area (Å²) in [7, 11) is 0. The van der Waals surface area contributed by atoms with Crippen molar-refractivity contribution in [3.8, 4) is 0 Å². The van der Waals surface area contributed by atoms with Crippen LogP contribution in [0.3, 0.4) is 0 Å². The topological polar surface area (TPSA) is 60.7 Å². The molecule has 2 heterocycles. The summed E-state index contributed by atoms with van der Waals surface area (Å²) in [6.45, 7) is 0.495. The fourth-order valence-electron chi connectivity index (χ4n) is 1.96. The Hall–Kier alpha value is -2.24. The fourth-order valence-corrected chi connectivity index (χ4v) is 2.28. The standard InChI is InChI=1S/C15H10Cl2N4O/c16-12-2-1-10(5-13(12)17)8-21-4-3-14(20-21)15(22)11-6-18-9-19-7-11/h1-7,9H,8H2. The number of benzene rings is 1. The van der Waals surface area contributed by atoms with Gasteiger partial charge in [-0.2, -0.15) is 5.10 Å². The molecule has 0 fully saturated rings. The summed E-state index contributed by atoms with van der Waals surface area (Å²) in [5, 5.41) is 5.26. The second-order valence-electron chi connectivity index (χ2n) is 4.60. The summed E-state index contributed by atoms with van der Waals surface area (Å²) < 4.78 is 1.66. The lowest BCUT2D eigenvalue weighted by atomic mass is 10.2. The zero-order valence-corrected chi connectivity index (χ0v) is 12.8. The zero-order valence-electron chi connectivity index (χ0n) is 11.3. The number of rotatable bonds is 4. The second kappa shape index (κ2) is 6.25. The molecule has 0 amide bonds. The molecule has 0 bridgehead atoms. The lowest BCUT2D eigenvalue weighted by Crippen LogP contribution is -2.06. The van der Waals surface area contributed by atoms with Crippen LogP contribution < -0.4 is 0 Å². The highest BCUT2D eigenvalue weighted by atomic mass is 35.5. The molecule has 0 radical (unpaired) electrons. The van der Waals surface area contributed by atoms with Crippen molar-refractivity contribution in [2.45, 2.75) is 6.54 Å². The van der Waals surface area contributed by atoms with E-state index >= 15 is 0 Å². The van der Waals surface area contributed by atoms with Crippen LogP contribution in [0.15, 0.2) is 49.2 Å². The fraction of sp³-hybridized carbons (Fsp3) is 0.0667. The van der Waals surface area contributed by atoms with Gasteiger partial charge in [0.1, 0.15) is 12.0 Å². The van der Waals surface area contributed by atoms with Gasteiger partial charge in [-0.25, -0.2) is 9.97 Å². The summed E-state index contributed by atoms with van der Waals surface area (Å²) in [5.74, 6) is -0.214. The van der Waals surface area contributed by atoms with Crippen molar-refractivity contribution < 1.29 is 4.79 Å². The first-order valence-electron chi connectivity index (χ1n) is 6.40. The van der Waals surface area contributed by atoms with E-state index in [1.807, 2.05) is 6.07 Å². The summed E-state index contributed by atoms with van der Waals surface area (Å²) >= 11 is 11.9. The van der Waals surface area contributed by atoms with E-state index in [1.54, 1.807) is 29.1 Å². The molecule has 0 aliphatic carbocycles. The van der Waals surface area contributed by atoms with Crippen molar-refractivity contribution in [1.82, 2.24) is 19.7 Å². The Bertz CT molecular complexity index is 817. The number of hydrogen-bond acceptors (Lipinski definition) is 4. The number of aromatic nitrogens is 4. The monoisotopic (exact) mass is 332 g/mol. The number of carbonyl (C=O) groups is 1. The van der Waals surface area contributed by atoms with Crippen LogP contribution in [0.1, 0.15) is 21.6 Å². The highest BCUT2D eigenvalue weighted by molar-refractivity contribution is 6.42. The van der Waals surface area contributed by atoms with E-state index in [0.717, 1.165) is 5.56 Å². The number of ketones is 1. The van der Waals surface area contributed by atoms with Crippen molar-refractivity contribution in [3.63, 3.8) is 0 Å². The molecule has 0 spiro atoms. The van der Waals surface area contributed by atoms with Gasteiger partial charge in [-0.15, -0.1) is 0 Å². The number of halogens is 2. The molecule has 1 aromatic carbocycles. The SMILES string of the molecule is O=C(c1cncnc1)c1ccn(Cc2ccc(Cl)c(Cl)c2)n1. The Kier molecular flexibility index (Phi) is 4.18. The zero-order chi connectivity index (χ0) is 15.5. The normalized spacial score (nSPS) is 10.6. The predicted molar refractivity (Wildman–Crippen MR) is 83.3 cm³/mol. The van der Waals surface area contributed by atoms with E-state index in [9.17, 15) is 4.79 Å². The van der Waals surface area contributed by atoms with Crippen LogP contribution in [-0.4, -0.2) is 25.5 Å². The predicted octanol–water partition coefficient (Wildman–Crippen LogP) is 3.26. The summed E-state index contributed by atoms with van der Waals surface area (Å²) in [4.78, 5) is 19.9. The van der Waals surface area contributed by atoms with Crippen molar-refractivity contribution in [3.05, 3.63) is 76.0 Å². The molecule has 0 N–H and O–H groups in total. The third-order valence-corrected chi connectivity index (χ3v) is 3.76. The average molecular weight is 333 g/mol. The molecule has 0 aliphatic heterocycles. The van der Waals surface area contributed by atoms with Crippen molar-refractivity contribution in [2.24, 2.45) is 0 Å². The van der Waals surface area contributed by atoms with Gasteiger partial charge in [0.05, 0.1) is 22.2 Å². The lowest BCUT2D eigenvalue weighted by Gasteiger charge is -2.03. The van der Waals surface area contributed by atoms with E-state index in [4.69, 9.17) is 23.2 Å². The maximum absolute atomic E-state index is 12.2. The Labute approximate surface area is 136 Å². The summed E-state index contributed by atoms with van der Waals surface area (Å²) in [6, 6.07) is 7.03. The van der Waals surface area contributed by atoms with Crippen molar-refractivity contribution >= 4 is 29.0 Å². The third-order valence-electron chi connectivity index (χ3n) is 3.02. The van der Waals surface area contributed by atoms with E-state index in [0.29, 0.717) is 27.8 Å². The minimum Gasteiger partial charge on any atom is -0.287 e. The van der Waals surface area contributed by atoms with Gasteiger partial charge in [0.25, 0.3) is 0 Å². The van der Waals surface area contributed by atoms with Gasteiger partial charge in [-0.05, 0) is 23.8 Å². The van der Waals surface area contributed by atoms with Crippen LogP contribution >= 0.6 is 23.2 Å². The largest absolute Gasteiger partial charge is 0.287 e. The van der Waals surface area contributed by atoms with Crippen LogP contribution in [0, 0.1) is 0 Å². The van der Waals surface area contributed by atoms with Gasteiger partial charge in [0.15, 0.2) is 0 Å². The second-order valence-corrected chi connectivity index (χ2v) is 5.42. The third kappa shape index (κ3) is 3.16. The van der Waals surface area contributed by atoms with Crippen molar-refractivity contribution in [1.29, 1.82) is 0 Å². The van der Waals surface area contributed by atoms with Gasteiger partial charge >= 0.3 is 0 Å². The van der Waals surface area contributed by atoms with Crippen LogP contribution in [0.25, 0.3) is 0 Å². The van der Waals surface area contributed by atoms with E-state index < -0.39 is 0 Å². The van der Waals surface area contributed by atoms with Crippen LogP contribution in [0.4, 0.5) is 0 Å². The van der Waals surface area contributed by atoms with Gasteiger partial charge in [-0.3, -0.25) is 9.48 Å². The molecule has 22 heavy (non-hydrogen) atoms. The van der Waals surface area contributed by atoms with Gasteiger partial charge in [-0.1, -0.05) is 29.3 Å². The Morgan fingerprint density at radius 3 is 2.59 bits per heavy atom. The highest BCUT2D eigenvalue weighted by Gasteiger charge is 2.13. The molecule has 0 atom stereocenters. The van der Waals surface area contributed by atoms with Gasteiger partial charge < -0.3 is 0 Å². The first-order valence-corrected chi connectivity index (χ1v) is 7.16. The molecular weight excluding hydrogens is 323 g/mol. The Balaban J connectivity index is 1.79. The Morgan fingerprint density at radius 1 is 1.09 bits per heavy atom. The minimum absolute atomic E-state index is 0.214. The first-order chi connectivity index (χ1) is 10.6. The summed E-state index contributed by atoms with van der Waals surface area (Å²) in [5.41, 5.74) is 1.69. The van der Waals surface area contributed by atoms with Gasteiger partial charge in [0, 0.05) is 18.6 Å². The summed E-state index contributed by atoms with van der Waals surface area (Å²) in [6.07, 6.45) is 6.04. The highest BCUT2D eigenvalue weighted by Crippen LogP contribution is 2.23. The smallest absolute Gasteiger partial charge is 0.216 e. The van der Waals surface area contributed by atoms with Crippen molar-refractivity contribution in [2.75, 3.05) is 0 Å². The molecule has 0 aliphatic rings. The molecule has 0 saturated carbocycles.